The molecule has 2 rings (SSSR count). The molecule has 0 bridgehead atoms. The molecule has 0 unspecified atom stereocenters. The van der Waals surface area contributed by atoms with E-state index in [1.807, 2.05) is 0 Å². The van der Waals surface area contributed by atoms with Gasteiger partial charge < -0.3 is 4.74 Å². The summed E-state index contributed by atoms with van der Waals surface area (Å²) in [5.74, 6) is -0.583. The van der Waals surface area contributed by atoms with Gasteiger partial charge in [-0.05, 0) is 35.4 Å². The quantitative estimate of drug-likeness (QED) is 0.839. The maximum absolute atomic E-state index is 13.4. The number of rotatable bonds is 3. The molecule has 0 heterocycles. The van der Waals surface area contributed by atoms with Crippen molar-refractivity contribution < 1.29 is 17.9 Å². The Kier molecular flexibility index (Phi) is 3.71. The van der Waals surface area contributed by atoms with Crippen LogP contribution in [-0.2, 0) is 0 Å². The normalized spacial score (nSPS) is 10.3. The number of alkyl halides is 2. The maximum atomic E-state index is 13.4. The van der Waals surface area contributed by atoms with Gasteiger partial charge >= 0.3 is 6.61 Å². The zero-order valence-corrected chi connectivity index (χ0v) is 9.61. The van der Waals surface area contributed by atoms with Crippen LogP contribution in [0.2, 0.25) is 0 Å². The van der Waals surface area contributed by atoms with Crippen molar-refractivity contribution in [3.05, 3.63) is 53.8 Å². The average Bonchev–Trinajstić information content (AvgIpc) is 2.39. The molecule has 0 aliphatic carbocycles. The maximum Gasteiger partial charge on any atom is 0.387 e. The first kappa shape index (κ1) is 13.0. The van der Waals surface area contributed by atoms with Crippen molar-refractivity contribution in [1.82, 2.24) is 0 Å². The van der Waals surface area contributed by atoms with Crippen molar-refractivity contribution >= 4 is 0 Å². The van der Waals surface area contributed by atoms with E-state index in [1.165, 1.54) is 24.3 Å². The molecule has 0 spiro atoms. The fourth-order valence-corrected chi connectivity index (χ4v) is 1.61. The van der Waals surface area contributed by atoms with Gasteiger partial charge in [0.25, 0.3) is 0 Å². The Morgan fingerprint density at radius 2 is 1.63 bits per heavy atom. The number of halogens is 3. The van der Waals surface area contributed by atoms with Crippen molar-refractivity contribution in [2.75, 3.05) is 0 Å². The molecule has 0 N–H and O–H groups in total. The molecule has 96 valence electrons. The standard InChI is InChI=1S/C14H8F3NO/c15-13-7-10(1-2-11(13)8-18)9-3-5-12(6-4-9)19-14(16)17/h1-7,14H. The van der Waals surface area contributed by atoms with Crippen LogP contribution >= 0.6 is 0 Å². The van der Waals surface area contributed by atoms with E-state index < -0.39 is 12.4 Å². The largest absolute Gasteiger partial charge is 0.435 e. The van der Waals surface area contributed by atoms with Gasteiger partial charge in [-0.25, -0.2) is 4.39 Å². The van der Waals surface area contributed by atoms with Crippen LogP contribution in [0.1, 0.15) is 5.56 Å². The molecule has 0 aliphatic heterocycles. The summed E-state index contributed by atoms with van der Waals surface area (Å²) in [4.78, 5) is 0. The molecular weight excluding hydrogens is 255 g/mol. The number of hydrogen-bond donors (Lipinski definition) is 0. The molecule has 0 aromatic heterocycles. The smallest absolute Gasteiger partial charge is 0.387 e. The number of ether oxygens (including phenoxy) is 1. The Morgan fingerprint density at radius 1 is 1.00 bits per heavy atom. The second kappa shape index (κ2) is 5.44. The molecule has 2 aromatic rings. The van der Waals surface area contributed by atoms with Gasteiger partial charge in [-0.15, -0.1) is 0 Å². The van der Waals surface area contributed by atoms with Crippen LogP contribution in [0, 0.1) is 17.1 Å². The van der Waals surface area contributed by atoms with Gasteiger partial charge in [0.1, 0.15) is 17.6 Å². The summed E-state index contributed by atoms with van der Waals surface area (Å²) in [5.41, 5.74) is 1.16. The van der Waals surface area contributed by atoms with E-state index in [9.17, 15) is 13.2 Å². The average molecular weight is 263 g/mol. The van der Waals surface area contributed by atoms with Gasteiger partial charge in [0.15, 0.2) is 0 Å². The van der Waals surface area contributed by atoms with Crippen molar-refractivity contribution in [3.63, 3.8) is 0 Å². The highest BCUT2D eigenvalue weighted by Gasteiger charge is 2.06. The molecule has 0 saturated carbocycles. The summed E-state index contributed by atoms with van der Waals surface area (Å²) in [5, 5.41) is 8.62. The van der Waals surface area contributed by atoms with Gasteiger partial charge in [-0.3, -0.25) is 0 Å². The number of hydrogen-bond acceptors (Lipinski definition) is 2. The molecular formula is C14H8F3NO. The van der Waals surface area contributed by atoms with Gasteiger partial charge in [0, 0.05) is 0 Å². The fourth-order valence-electron chi connectivity index (χ4n) is 1.61. The van der Waals surface area contributed by atoms with Crippen molar-refractivity contribution in [2.45, 2.75) is 6.61 Å². The van der Waals surface area contributed by atoms with E-state index in [0.29, 0.717) is 11.1 Å². The first-order valence-electron chi connectivity index (χ1n) is 5.35. The fraction of sp³-hybridized carbons (Fsp3) is 0.0714. The van der Waals surface area contributed by atoms with E-state index in [-0.39, 0.29) is 11.3 Å². The monoisotopic (exact) mass is 263 g/mol. The van der Waals surface area contributed by atoms with Crippen molar-refractivity contribution in [2.24, 2.45) is 0 Å². The van der Waals surface area contributed by atoms with Crippen LogP contribution in [0.3, 0.4) is 0 Å². The number of benzene rings is 2. The van der Waals surface area contributed by atoms with Crippen LogP contribution in [0.5, 0.6) is 5.75 Å². The van der Waals surface area contributed by atoms with Gasteiger partial charge in [0.05, 0.1) is 5.56 Å². The predicted molar refractivity (Wildman–Crippen MR) is 63.2 cm³/mol. The molecule has 0 amide bonds. The summed E-state index contributed by atoms with van der Waals surface area (Å²) in [6.45, 7) is -2.88. The van der Waals surface area contributed by atoms with Crippen LogP contribution in [0.15, 0.2) is 42.5 Å². The molecule has 0 radical (unpaired) electrons. The van der Waals surface area contributed by atoms with Crippen LogP contribution < -0.4 is 4.74 Å². The van der Waals surface area contributed by atoms with E-state index in [0.717, 1.165) is 0 Å². The summed E-state index contributed by atoms with van der Waals surface area (Å²) in [6, 6.07) is 11.7. The molecule has 19 heavy (non-hydrogen) atoms. The zero-order valence-electron chi connectivity index (χ0n) is 9.61. The van der Waals surface area contributed by atoms with Gasteiger partial charge in [-0.2, -0.15) is 14.0 Å². The van der Waals surface area contributed by atoms with E-state index in [4.69, 9.17) is 5.26 Å². The highest BCUT2D eigenvalue weighted by atomic mass is 19.3. The lowest BCUT2D eigenvalue weighted by Gasteiger charge is -2.06. The van der Waals surface area contributed by atoms with Crippen LogP contribution in [0.25, 0.3) is 11.1 Å². The second-order valence-corrected chi connectivity index (χ2v) is 3.71. The summed E-state index contributed by atoms with van der Waals surface area (Å²) < 4.78 is 41.6. The van der Waals surface area contributed by atoms with E-state index >= 15 is 0 Å². The van der Waals surface area contributed by atoms with Gasteiger partial charge in [0.2, 0.25) is 0 Å². The lowest BCUT2D eigenvalue weighted by atomic mass is 10.0. The highest BCUT2D eigenvalue weighted by Crippen LogP contribution is 2.24. The lowest BCUT2D eigenvalue weighted by molar-refractivity contribution is -0.0498. The Morgan fingerprint density at radius 3 is 2.16 bits per heavy atom. The minimum atomic E-state index is -2.88. The highest BCUT2D eigenvalue weighted by molar-refractivity contribution is 5.65. The first-order chi connectivity index (χ1) is 9.10. The van der Waals surface area contributed by atoms with E-state index in [1.54, 1.807) is 24.3 Å². The minimum absolute atomic E-state index is 0.0351. The third-order valence-electron chi connectivity index (χ3n) is 2.50. The second-order valence-electron chi connectivity index (χ2n) is 3.71. The Hall–Kier alpha value is -2.48. The molecule has 5 heteroatoms. The molecule has 0 atom stereocenters. The lowest BCUT2D eigenvalue weighted by Crippen LogP contribution is -2.01. The Labute approximate surface area is 107 Å². The predicted octanol–water partition coefficient (Wildman–Crippen LogP) is 3.97. The Bertz CT molecular complexity index is 618. The minimum Gasteiger partial charge on any atom is -0.435 e. The van der Waals surface area contributed by atoms with Gasteiger partial charge in [-0.1, -0.05) is 18.2 Å². The molecule has 0 saturated heterocycles. The third-order valence-corrected chi connectivity index (χ3v) is 2.50. The third kappa shape index (κ3) is 3.05. The van der Waals surface area contributed by atoms with Crippen molar-refractivity contribution in [1.29, 1.82) is 5.26 Å². The van der Waals surface area contributed by atoms with Crippen LogP contribution in [-0.4, -0.2) is 6.61 Å². The van der Waals surface area contributed by atoms with Crippen molar-refractivity contribution in [3.8, 4) is 22.9 Å². The molecule has 0 aliphatic rings. The molecule has 0 fully saturated rings. The first-order valence-corrected chi connectivity index (χ1v) is 5.35. The summed E-state index contributed by atoms with van der Waals surface area (Å²) in [7, 11) is 0. The summed E-state index contributed by atoms with van der Waals surface area (Å²) >= 11 is 0. The zero-order chi connectivity index (χ0) is 13.8. The topological polar surface area (TPSA) is 33.0 Å². The Balaban J connectivity index is 2.27. The van der Waals surface area contributed by atoms with E-state index in [2.05, 4.69) is 4.74 Å². The molecule has 2 nitrogen and oxygen atoms in total. The molecule has 2 aromatic carbocycles. The SMILES string of the molecule is N#Cc1ccc(-c2ccc(OC(F)F)cc2)cc1F. The summed E-state index contributed by atoms with van der Waals surface area (Å²) in [6.07, 6.45) is 0. The van der Waals surface area contributed by atoms with Crippen LogP contribution in [0.4, 0.5) is 13.2 Å². The number of nitriles is 1. The number of nitrogens with zero attached hydrogens (tertiary/aromatic N) is 1.